The number of benzene rings is 1. The van der Waals surface area contributed by atoms with Crippen molar-refractivity contribution in [1.82, 2.24) is 9.78 Å². The number of nitrogens with zero attached hydrogens (tertiary/aromatic N) is 3. The van der Waals surface area contributed by atoms with E-state index in [1.54, 1.807) is 16.8 Å². The molecule has 0 saturated heterocycles. The molecule has 0 fully saturated rings. The molecule has 2 rings (SSSR count). The van der Waals surface area contributed by atoms with Crippen LogP contribution in [0.5, 0.6) is 0 Å². The zero-order chi connectivity index (χ0) is 11.5. The number of nitriles is 1. The van der Waals surface area contributed by atoms with Gasteiger partial charge < -0.3 is 5.73 Å². The molecular weight excluding hydrogens is 200 g/mol. The number of rotatable bonds is 2. The fourth-order valence-corrected chi connectivity index (χ4v) is 1.49. The molecule has 0 aliphatic carbocycles. The van der Waals surface area contributed by atoms with Crippen LogP contribution in [0.25, 0.3) is 0 Å². The molecule has 0 aliphatic rings. The first-order valence-corrected chi connectivity index (χ1v) is 4.97. The molecule has 1 aromatic heterocycles. The van der Waals surface area contributed by atoms with Crippen LogP contribution in [-0.2, 0) is 6.54 Å². The molecule has 2 aromatic rings. The molecule has 0 unspecified atom stereocenters. The Kier molecular flexibility index (Phi) is 2.61. The molecule has 0 amide bonds. The van der Waals surface area contributed by atoms with Crippen LogP contribution in [0.3, 0.4) is 0 Å². The highest BCUT2D eigenvalue weighted by molar-refractivity contribution is 5.39. The molecule has 1 heterocycles. The van der Waals surface area contributed by atoms with Crippen molar-refractivity contribution < 1.29 is 0 Å². The summed E-state index contributed by atoms with van der Waals surface area (Å²) in [6.07, 6.45) is 1.81. The minimum Gasteiger partial charge on any atom is -0.396 e. The number of nitrogens with two attached hydrogens (primary N) is 1. The van der Waals surface area contributed by atoms with Crippen molar-refractivity contribution in [1.29, 1.82) is 5.26 Å². The van der Waals surface area contributed by atoms with E-state index in [1.165, 1.54) is 0 Å². The lowest BCUT2D eigenvalue weighted by atomic mass is 10.1. The Bertz CT molecular complexity index is 512. The summed E-state index contributed by atoms with van der Waals surface area (Å²) in [5, 5.41) is 12.9. The number of anilines is 1. The fourth-order valence-electron chi connectivity index (χ4n) is 1.49. The molecule has 80 valence electrons. The molecule has 2 N–H and O–H groups in total. The van der Waals surface area contributed by atoms with Gasteiger partial charge in [-0.3, -0.25) is 4.68 Å². The zero-order valence-electron chi connectivity index (χ0n) is 9.01. The van der Waals surface area contributed by atoms with E-state index < -0.39 is 0 Å². The van der Waals surface area contributed by atoms with Crippen LogP contribution in [0.4, 0.5) is 5.69 Å². The van der Waals surface area contributed by atoms with Gasteiger partial charge in [0.05, 0.1) is 29.6 Å². The Morgan fingerprint density at radius 3 is 2.56 bits per heavy atom. The van der Waals surface area contributed by atoms with E-state index in [2.05, 4.69) is 11.2 Å². The second kappa shape index (κ2) is 4.07. The quantitative estimate of drug-likeness (QED) is 0.823. The van der Waals surface area contributed by atoms with E-state index in [0.29, 0.717) is 17.8 Å². The second-order valence-corrected chi connectivity index (χ2v) is 3.68. The summed E-state index contributed by atoms with van der Waals surface area (Å²) in [6, 6.07) is 9.53. The summed E-state index contributed by atoms with van der Waals surface area (Å²) in [7, 11) is 0. The Balaban J connectivity index is 2.18. The molecule has 4 heteroatoms. The van der Waals surface area contributed by atoms with Crippen LogP contribution in [0, 0.1) is 18.3 Å². The fraction of sp³-hybridized carbons (Fsp3) is 0.167. The van der Waals surface area contributed by atoms with Crippen molar-refractivity contribution in [3.63, 3.8) is 0 Å². The van der Waals surface area contributed by atoms with Gasteiger partial charge in [-0.2, -0.15) is 10.4 Å². The summed E-state index contributed by atoms with van der Waals surface area (Å²) in [5.41, 5.74) is 9.02. The van der Waals surface area contributed by atoms with E-state index in [4.69, 9.17) is 11.0 Å². The topological polar surface area (TPSA) is 67.6 Å². The smallest absolute Gasteiger partial charge is 0.0991 e. The van der Waals surface area contributed by atoms with Gasteiger partial charge in [0.15, 0.2) is 0 Å². The molecule has 0 bridgehead atoms. The second-order valence-electron chi connectivity index (χ2n) is 3.68. The van der Waals surface area contributed by atoms with Gasteiger partial charge in [-0.05, 0) is 24.6 Å². The predicted octanol–water partition coefficient (Wildman–Crippen LogP) is 1.69. The molecule has 0 atom stereocenters. The average molecular weight is 212 g/mol. The lowest BCUT2D eigenvalue weighted by molar-refractivity contribution is 0.679. The van der Waals surface area contributed by atoms with E-state index in [-0.39, 0.29) is 0 Å². The van der Waals surface area contributed by atoms with Gasteiger partial charge in [0.2, 0.25) is 0 Å². The van der Waals surface area contributed by atoms with Crippen LogP contribution in [0.2, 0.25) is 0 Å². The summed E-state index contributed by atoms with van der Waals surface area (Å²) < 4.78 is 1.80. The summed E-state index contributed by atoms with van der Waals surface area (Å²) in [6.45, 7) is 2.55. The summed E-state index contributed by atoms with van der Waals surface area (Å²) >= 11 is 0. The number of hydrogen-bond acceptors (Lipinski definition) is 3. The summed E-state index contributed by atoms with van der Waals surface area (Å²) in [4.78, 5) is 0. The molecule has 0 radical (unpaired) electrons. The van der Waals surface area contributed by atoms with Crippen molar-refractivity contribution in [3.05, 3.63) is 47.3 Å². The van der Waals surface area contributed by atoms with E-state index in [0.717, 1.165) is 11.3 Å². The standard InChI is InChI=1S/C12H12N4/c1-9-12(14)8-16(15-9)7-11-4-2-10(6-13)3-5-11/h2-5,8H,7,14H2,1H3. The van der Waals surface area contributed by atoms with Crippen LogP contribution in [0.15, 0.2) is 30.5 Å². The van der Waals surface area contributed by atoms with Gasteiger partial charge in [0.25, 0.3) is 0 Å². The first-order valence-electron chi connectivity index (χ1n) is 4.97. The molecular formula is C12H12N4. The van der Waals surface area contributed by atoms with Crippen LogP contribution in [0.1, 0.15) is 16.8 Å². The molecule has 16 heavy (non-hydrogen) atoms. The van der Waals surface area contributed by atoms with Gasteiger partial charge in [-0.15, -0.1) is 0 Å². The molecule has 4 nitrogen and oxygen atoms in total. The third-order valence-corrected chi connectivity index (χ3v) is 2.41. The zero-order valence-corrected chi connectivity index (χ0v) is 9.01. The van der Waals surface area contributed by atoms with Crippen LogP contribution < -0.4 is 5.73 Å². The molecule has 0 saturated carbocycles. The van der Waals surface area contributed by atoms with Crippen molar-refractivity contribution >= 4 is 5.69 Å². The highest BCUT2D eigenvalue weighted by atomic mass is 15.3. The van der Waals surface area contributed by atoms with Gasteiger partial charge in [0.1, 0.15) is 0 Å². The maximum absolute atomic E-state index is 8.67. The van der Waals surface area contributed by atoms with Crippen LogP contribution in [-0.4, -0.2) is 9.78 Å². The largest absolute Gasteiger partial charge is 0.396 e. The van der Waals surface area contributed by atoms with Crippen LogP contribution >= 0.6 is 0 Å². The third kappa shape index (κ3) is 2.04. The average Bonchev–Trinajstić information content (AvgIpc) is 2.59. The van der Waals surface area contributed by atoms with Crippen molar-refractivity contribution in [3.8, 4) is 6.07 Å². The highest BCUT2D eigenvalue weighted by Crippen LogP contribution is 2.10. The van der Waals surface area contributed by atoms with Gasteiger partial charge in [-0.25, -0.2) is 0 Å². The number of nitrogen functional groups attached to an aromatic ring is 1. The summed E-state index contributed by atoms with van der Waals surface area (Å²) in [5.74, 6) is 0. The van der Waals surface area contributed by atoms with Crippen molar-refractivity contribution in [2.24, 2.45) is 0 Å². The number of aryl methyl sites for hydroxylation is 1. The Morgan fingerprint density at radius 2 is 2.06 bits per heavy atom. The highest BCUT2D eigenvalue weighted by Gasteiger charge is 2.01. The van der Waals surface area contributed by atoms with E-state index >= 15 is 0 Å². The first-order chi connectivity index (χ1) is 7.69. The van der Waals surface area contributed by atoms with Gasteiger partial charge in [-0.1, -0.05) is 12.1 Å². The monoisotopic (exact) mass is 212 g/mol. The molecule has 1 aromatic carbocycles. The number of aromatic nitrogens is 2. The first kappa shape index (κ1) is 10.2. The minimum absolute atomic E-state index is 0.667. The van der Waals surface area contributed by atoms with Crippen molar-refractivity contribution in [2.45, 2.75) is 13.5 Å². The van der Waals surface area contributed by atoms with Crippen molar-refractivity contribution in [2.75, 3.05) is 5.73 Å². The maximum atomic E-state index is 8.67. The normalized spacial score (nSPS) is 10.0. The Morgan fingerprint density at radius 1 is 1.38 bits per heavy atom. The number of hydrogen-bond donors (Lipinski definition) is 1. The maximum Gasteiger partial charge on any atom is 0.0991 e. The Hall–Kier alpha value is -2.28. The van der Waals surface area contributed by atoms with E-state index in [1.807, 2.05) is 25.3 Å². The third-order valence-electron chi connectivity index (χ3n) is 2.41. The molecule has 0 aliphatic heterocycles. The van der Waals surface area contributed by atoms with Gasteiger partial charge in [0, 0.05) is 6.20 Å². The van der Waals surface area contributed by atoms with Gasteiger partial charge >= 0.3 is 0 Å². The SMILES string of the molecule is Cc1nn(Cc2ccc(C#N)cc2)cc1N. The lowest BCUT2D eigenvalue weighted by Crippen LogP contribution is -2.00. The lowest BCUT2D eigenvalue weighted by Gasteiger charge is -2.01. The van der Waals surface area contributed by atoms with E-state index in [9.17, 15) is 0 Å². The Labute approximate surface area is 93.9 Å². The molecule has 0 spiro atoms. The predicted molar refractivity (Wildman–Crippen MR) is 61.6 cm³/mol. The minimum atomic E-state index is 0.667.